The van der Waals surface area contributed by atoms with Crippen molar-refractivity contribution in [1.82, 2.24) is 20.1 Å². The van der Waals surface area contributed by atoms with Crippen molar-refractivity contribution in [2.45, 2.75) is 0 Å². The minimum absolute atomic E-state index is 0.570. The average Bonchev–Trinajstić information content (AvgIpc) is 3.90. The molecule has 0 saturated heterocycles. The monoisotopic (exact) mass is 770 g/mol. The van der Waals surface area contributed by atoms with Gasteiger partial charge in [0.25, 0.3) is 0 Å². The predicted octanol–water partition coefficient (Wildman–Crippen LogP) is 12.8. The van der Waals surface area contributed by atoms with Crippen LogP contribution < -0.4 is 4.68 Å². The van der Waals surface area contributed by atoms with Gasteiger partial charge >= 0.3 is 0 Å². The Morgan fingerprint density at radius 1 is 0.383 bits per heavy atom. The van der Waals surface area contributed by atoms with Gasteiger partial charge in [0.05, 0.1) is 5.39 Å². The van der Waals surface area contributed by atoms with E-state index in [1.54, 1.807) is 0 Å². The first-order valence-corrected chi connectivity index (χ1v) is 19.9. The molecule has 0 atom stereocenters. The first kappa shape index (κ1) is 33.8. The Kier molecular flexibility index (Phi) is 7.71. The number of para-hydroxylation sites is 2. The van der Waals surface area contributed by atoms with E-state index in [9.17, 15) is 0 Å². The van der Waals surface area contributed by atoms with Crippen LogP contribution in [0.3, 0.4) is 0 Å². The van der Waals surface area contributed by atoms with Crippen molar-refractivity contribution in [1.29, 1.82) is 0 Å². The van der Waals surface area contributed by atoms with Crippen LogP contribution in [0, 0.1) is 0 Å². The van der Waals surface area contributed by atoms with Gasteiger partial charge in [0.1, 0.15) is 28.0 Å². The Morgan fingerprint density at radius 3 is 1.77 bits per heavy atom. The lowest BCUT2D eigenvalue weighted by molar-refractivity contribution is -0.657. The van der Waals surface area contributed by atoms with Crippen LogP contribution in [0.25, 0.3) is 117 Å². The van der Waals surface area contributed by atoms with Crippen molar-refractivity contribution in [3.8, 4) is 62.2 Å². The quantitative estimate of drug-likeness (QED) is 0.157. The largest absolute Gasteiger partial charge is 0.456 e. The molecule has 0 saturated carbocycles. The number of hydrogen-bond donors (Lipinski definition) is 0. The third-order valence-electron chi connectivity index (χ3n) is 11.2. The number of nitrogens with zero attached hydrogens (tertiary/aromatic N) is 5. The summed E-state index contributed by atoms with van der Waals surface area (Å²) in [5.41, 5.74) is 10.9. The molecule has 0 unspecified atom stereocenters. The number of aromatic nitrogens is 5. The lowest BCUT2D eigenvalue weighted by atomic mass is 9.99. The van der Waals surface area contributed by atoms with Gasteiger partial charge in [0.15, 0.2) is 17.5 Å². The Labute approximate surface area is 343 Å². The second kappa shape index (κ2) is 13.7. The van der Waals surface area contributed by atoms with Crippen LogP contribution in [-0.2, 0) is 0 Å². The summed E-state index contributed by atoms with van der Waals surface area (Å²) < 4.78 is 14.8. The van der Waals surface area contributed by atoms with Crippen LogP contribution >= 0.6 is 0 Å². The zero-order valence-corrected chi connectivity index (χ0v) is 32.0. The minimum Gasteiger partial charge on any atom is -0.456 e. The summed E-state index contributed by atoms with van der Waals surface area (Å²) >= 11 is 0. The summed E-state index contributed by atoms with van der Waals surface area (Å²) in [6.45, 7) is 0. The van der Waals surface area contributed by atoms with E-state index >= 15 is 0 Å². The van der Waals surface area contributed by atoms with E-state index in [1.165, 1.54) is 0 Å². The van der Waals surface area contributed by atoms with E-state index in [0.717, 1.165) is 99.4 Å². The van der Waals surface area contributed by atoms with Crippen LogP contribution in [0.15, 0.2) is 203 Å². The fraction of sp³-hybridized carbons (Fsp3) is 0. The zero-order valence-electron chi connectivity index (χ0n) is 32.0. The summed E-state index contributed by atoms with van der Waals surface area (Å²) in [6, 6.07) is 63.8. The van der Waals surface area contributed by atoms with Crippen molar-refractivity contribution in [2.75, 3.05) is 0 Å². The second-order valence-electron chi connectivity index (χ2n) is 14.9. The molecule has 0 N–H and O–H groups in total. The molecular formula is C53H32N5O2+. The van der Waals surface area contributed by atoms with Crippen LogP contribution in [0.5, 0.6) is 0 Å². The molecule has 0 aliphatic carbocycles. The van der Waals surface area contributed by atoms with Crippen molar-refractivity contribution in [3.63, 3.8) is 0 Å². The maximum Gasteiger partial charge on any atom is 0.239 e. The van der Waals surface area contributed by atoms with E-state index in [2.05, 4.69) is 103 Å². The highest BCUT2D eigenvalue weighted by Crippen LogP contribution is 2.39. The van der Waals surface area contributed by atoms with Crippen molar-refractivity contribution >= 4 is 54.6 Å². The maximum absolute atomic E-state index is 6.48. The van der Waals surface area contributed by atoms with Crippen molar-refractivity contribution in [3.05, 3.63) is 194 Å². The van der Waals surface area contributed by atoms with E-state index < -0.39 is 0 Å². The van der Waals surface area contributed by atoms with Gasteiger partial charge in [-0.15, -0.1) is 0 Å². The molecule has 60 heavy (non-hydrogen) atoms. The van der Waals surface area contributed by atoms with Gasteiger partial charge in [-0.3, -0.25) is 0 Å². The number of fused-ring (bicyclic) bond motifs is 7. The highest BCUT2D eigenvalue weighted by Gasteiger charge is 2.22. The molecule has 4 aromatic heterocycles. The molecule has 280 valence electrons. The third kappa shape index (κ3) is 5.63. The molecule has 0 bridgehead atoms. The first-order chi connectivity index (χ1) is 29.7. The fourth-order valence-electron chi connectivity index (χ4n) is 8.35. The highest BCUT2D eigenvalue weighted by atomic mass is 16.3. The molecule has 12 rings (SSSR count). The molecule has 0 radical (unpaired) electrons. The normalized spacial score (nSPS) is 11.7. The second-order valence-corrected chi connectivity index (χ2v) is 14.9. The Morgan fingerprint density at radius 2 is 0.983 bits per heavy atom. The predicted molar refractivity (Wildman–Crippen MR) is 238 cm³/mol. The van der Waals surface area contributed by atoms with Gasteiger partial charge in [-0.25, -0.2) is 15.0 Å². The Hall–Kier alpha value is -8.29. The van der Waals surface area contributed by atoms with Gasteiger partial charge in [0.2, 0.25) is 11.9 Å². The molecule has 4 heterocycles. The zero-order chi connectivity index (χ0) is 39.6. The molecular weight excluding hydrogens is 739 g/mol. The van der Waals surface area contributed by atoms with Crippen LogP contribution in [0.4, 0.5) is 0 Å². The van der Waals surface area contributed by atoms with Crippen molar-refractivity contribution in [2.24, 2.45) is 0 Å². The molecule has 0 aliphatic rings. The van der Waals surface area contributed by atoms with Gasteiger partial charge in [0, 0.05) is 72.0 Å². The van der Waals surface area contributed by atoms with Gasteiger partial charge in [-0.05, 0) is 29.8 Å². The molecule has 7 heteroatoms. The Balaban J connectivity index is 0.985. The van der Waals surface area contributed by atoms with E-state index in [-0.39, 0.29) is 0 Å². The number of furan rings is 2. The summed E-state index contributed by atoms with van der Waals surface area (Å²) in [7, 11) is 0. The summed E-state index contributed by atoms with van der Waals surface area (Å²) in [5, 5.41) is 11.5. The SMILES string of the molecule is c1ccc(-c2nc(-c3ccccc3)nc(-c3cccc4oc5ccc(-[n+]6cc7ccccc7c(-c7ccc(-c8cccc9c8oc8ccccc89)cc7)n6)cc5c34)n2)cc1. The molecule has 0 spiro atoms. The molecule has 0 fully saturated rings. The van der Waals surface area contributed by atoms with Crippen molar-refractivity contribution < 1.29 is 13.5 Å². The summed E-state index contributed by atoms with van der Waals surface area (Å²) in [4.78, 5) is 15.0. The van der Waals surface area contributed by atoms with Gasteiger partial charge in [-0.1, -0.05) is 156 Å². The molecule has 12 aromatic rings. The standard InChI is InChI=1S/C53H32N5O2/c1-3-13-35(14-4-1)51-54-52(36-15-5-2-6-16-36)56-53(55-51)43-22-12-24-47-48(43)44-31-38(29-30-46(44)59-47)58-32-37-17-7-8-18-39(37)49(57-58)34-27-25-33(26-28-34)40-20-11-21-42-41-19-9-10-23-45(41)60-50(40)42/h1-32H/q+1. The number of hydrogen-bond acceptors (Lipinski definition) is 6. The highest BCUT2D eigenvalue weighted by molar-refractivity contribution is 6.12. The summed E-state index contributed by atoms with van der Waals surface area (Å²) in [6.07, 6.45) is 2.09. The van der Waals surface area contributed by atoms with Gasteiger partial charge < -0.3 is 8.83 Å². The summed E-state index contributed by atoms with van der Waals surface area (Å²) in [5.74, 6) is 1.78. The lowest BCUT2D eigenvalue weighted by Gasteiger charge is -2.09. The molecule has 0 amide bonds. The molecule has 7 nitrogen and oxygen atoms in total. The number of rotatable bonds is 6. The molecule has 0 aliphatic heterocycles. The van der Waals surface area contributed by atoms with Crippen LogP contribution in [0.2, 0.25) is 0 Å². The third-order valence-corrected chi connectivity index (χ3v) is 11.2. The van der Waals surface area contributed by atoms with E-state index in [4.69, 9.17) is 28.9 Å². The lowest BCUT2D eigenvalue weighted by Crippen LogP contribution is -2.35. The van der Waals surface area contributed by atoms with Crippen LogP contribution in [0.1, 0.15) is 0 Å². The van der Waals surface area contributed by atoms with Crippen LogP contribution in [-0.4, -0.2) is 20.1 Å². The average molecular weight is 771 g/mol. The number of benzene rings is 8. The topological polar surface area (TPSA) is 81.7 Å². The molecule has 8 aromatic carbocycles. The Bertz CT molecular complexity index is 3540. The van der Waals surface area contributed by atoms with E-state index in [1.807, 2.05) is 95.7 Å². The minimum atomic E-state index is 0.570. The van der Waals surface area contributed by atoms with Gasteiger partial charge in [-0.2, -0.15) is 0 Å². The maximum atomic E-state index is 6.48. The smallest absolute Gasteiger partial charge is 0.239 e. The van der Waals surface area contributed by atoms with E-state index in [0.29, 0.717) is 17.5 Å². The first-order valence-electron chi connectivity index (χ1n) is 19.9. The fourth-order valence-corrected chi connectivity index (χ4v) is 8.35.